The van der Waals surface area contributed by atoms with Crippen LogP contribution in [0.2, 0.25) is 0 Å². The Balaban J connectivity index is 2.26. The fourth-order valence-corrected chi connectivity index (χ4v) is 2.22. The third kappa shape index (κ3) is 4.69. The molecule has 0 spiro atoms. The van der Waals surface area contributed by atoms with Crippen LogP contribution in [-0.2, 0) is 6.42 Å². The normalized spacial score (nSPS) is 12.6. The molecule has 0 fully saturated rings. The summed E-state index contributed by atoms with van der Waals surface area (Å²) in [7, 11) is 0. The summed E-state index contributed by atoms with van der Waals surface area (Å²) in [5.41, 5.74) is 1.34. The van der Waals surface area contributed by atoms with E-state index in [4.69, 9.17) is 0 Å². The van der Waals surface area contributed by atoms with Crippen molar-refractivity contribution < 1.29 is 5.11 Å². The zero-order valence-corrected chi connectivity index (χ0v) is 10.6. The molecule has 1 rings (SSSR count). The molecule has 0 aliphatic carbocycles. The van der Waals surface area contributed by atoms with E-state index in [2.05, 4.69) is 13.8 Å². The Morgan fingerprint density at radius 1 is 1.06 bits per heavy atom. The predicted molar refractivity (Wildman–Crippen MR) is 69.7 cm³/mol. The van der Waals surface area contributed by atoms with Crippen molar-refractivity contribution in [1.29, 1.82) is 0 Å². The first-order chi connectivity index (χ1) is 7.76. The van der Waals surface area contributed by atoms with E-state index in [1.807, 2.05) is 12.1 Å². The Labute approximate surface area is 99.5 Å². The zero-order valence-electron chi connectivity index (χ0n) is 10.6. The lowest BCUT2D eigenvalue weighted by atomic mass is 9.93. The number of aromatic hydroxyl groups is 1. The van der Waals surface area contributed by atoms with Crippen LogP contribution >= 0.6 is 0 Å². The van der Waals surface area contributed by atoms with Crippen molar-refractivity contribution in [2.45, 2.75) is 52.4 Å². The van der Waals surface area contributed by atoms with Gasteiger partial charge in [0.25, 0.3) is 0 Å². The van der Waals surface area contributed by atoms with E-state index in [0.29, 0.717) is 5.75 Å². The van der Waals surface area contributed by atoms with Crippen molar-refractivity contribution >= 4 is 0 Å². The first kappa shape index (κ1) is 13.1. The minimum Gasteiger partial charge on any atom is -0.508 e. The Hall–Kier alpha value is -0.980. The van der Waals surface area contributed by atoms with Crippen LogP contribution in [-0.4, -0.2) is 5.11 Å². The van der Waals surface area contributed by atoms with Crippen LogP contribution in [0.15, 0.2) is 24.3 Å². The van der Waals surface area contributed by atoms with Crippen molar-refractivity contribution in [3.8, 4) is 5.75 Å². The first-order valence-corrected chi connectivity index (χ1v) is 6.54. The Kier molecular flexibility index (Phi) is 5.99. The van der Waals surface area contributed by atoms with Gasteiger partial charge in [0.15, 0.2) is 0 Å². The molecule has 0 saturated heterocycles. The van der Waals surface area contributed by atoms with E-state index in [1.165, 1.54) is 37.7 Å². The second-order valence-corrected chi connectivity index (χ2v) is 4.62. The zero-order chi connectivity index (χ0) is 11.8. The SMILES string of the molecule is CCCC(CC)CCCc1ccc(O)cc1. The molecule has 1 aromatic rings. The Morgan fingerprint density at radius 2 is 1.75 bits per heavy atom. The van der Waals surface area contributed by atoms with Gasteiger partial charge in [0, 0.05) is 0 Å². The Morgan fingerprint density at radius 3 is 2.31 bits per heavy atom. The van der Waals surface area contributed by atoms with Crippen molar-refractivity contribution in [3.63, 3.8) is 0 Å². The van der Waals surface area contributed by atoms with Gasteiger partial charge in [-0.3, -0.25) is 0 Å². The maximum absolute atomic E-state index is 9.18. The van der Waals surface area contributed by atoms with Gasteiger partial charge in [-0.25, -0.2) is 0 Å². The highest BCUT2D eigenvalue weighted by Crippen LogP contribution is 2.19. The summed E-state index contributed by atoms with van der Waals surface area (Å²) in [6, 6.07) is 7.60. The lowest BCUT2D eigenvalue weighted by Gasteiger charge is -2.13. The molecule has 0 bridgehead atoms. The first-order valence-electron chi connectivity index (χ1n) is 6.54. The molecule has 0 radical (unpaired) electrons. The maximum atomic E-state index is 9.18. The monoisotopic (exact) mass is 220 g/mol. The van der Waals surface area contributed by atoms with E-state index in [1.54, 1.807) is 12.1 Å². The smallest absolute Gasteiger partial charge is 0.115 e. The van der Waals surface area contributed by atoms with Crippen LogP contribution in [0.4, 0.5) is 0 Å². The van der Waals surface area contributed by atoms with Crippen molar-refractivity contribution in [2.75, 3.05) is 0 Å². The molecule has 1 aromatic carbocycles. The van der Waals surface area contributed by atoms with Gasteiger partial charge in [0.1, 0.15) is 5.75 Å². The molecule has 1 heteroatoms. The summed E-state index contributed by atoms with van der Waals surface area (Å²) >= 11 is 0. The molecule has 0 amide bonds. The second kappa shape index (κ2) is 7.32. The average Bonchev–Trinajstić information content (AvgIpc) is 2.30. The van der Waals surface area contributed by atoms with E-state index in [-0.39, 0.29) is 0 Å². The number of rotatable bonds is 7. The van der Waals surface area contributed by atoms with Gasteiger partial charge in [-0.1, -0.05) is 51.7 Å². The summed E-state index contributed by atoms with van der Waals surface area (Å²) in [6.45, 7) is 4.56. The minimum atomic E-state index is 0.362. The highest BCUT2D eigenvalue weighted by molar-refractivity contribution is 5.25. The van der Waals surface area contributed by atoms with Gasteiger partial charge >= 0.3 is 0 Å². The van der Waals surface area contributed by atoms with Gasteiger partial charge in [-0.2, -0.15) is 0 Å². The highest BCUT2D eigenvalue weighted by atomic mass is 16.3. The molecule has 1 nitrogen and oxygen atoms in total. The molecule has 1 N–H and O–H groups in total. The molecule has 0 saturated carbocycles. The molecule has 16 heavy (non-hydrogen) atoms. The van der Waals surface area contributed by atoms with Crippen molar-refractivity contribution in [1.82, 2.24) is 0 Å². The lowest BCUT2D eigenvalue weighted by molar-refractivity contribution is 0.419. The molecule has 0 heterocycles. The lowest BCUT2D eigenvalue weighted by Crippen LogP contribution is -1.99. The topological polar surface area (TPSA) is 20.2 Å². The van der Waals surface area contributed by atoms with E-state index < -0.39 is 0 Å². The van der Waals surface area contributed by atoms with Gasteiger partial charge in [0.05, 0.1) is 0 Å². The van der Waals surface area contributed by atoms with Crippen molar-refractivity contribution in [2.24, 2.45) is 5.92 Å². The number of benzene rings is 1. The number of phenols is 1. The quantitative estimate of drug-likeness (QED) is 0.715. The predicted octanol–water partition coefficient (Wildman–Crippen LogP) is 4.54. The van der Waals surface area contributed by atoms with Crippen LogP contribution in [0, 0.1) is 5.92 Å². The number of phenolic OH excluding ortho intramolecular Hbond substituents is 1. The summed E-state index contributed by atoms with van der Waals surface area (Å²) in [4.78, 5) is 0. The van der Waals surface area contributed by atoms with Gasteiger partial charge in [-0.05, 0) is 36.5 Å². The Bertz CT molecular complexity index is 276. The summed E-state index contributed by atoms with van der Waals surface area (Å²) in [5, 5.41) is 9.18. The summed E-state index contributed by atoms with van der Waals surface area (Å²) in [5.74, 6) is 1.27. The summed E-state index contributed by atoms with van der Waals surface area (Å²) in [6.07, 6.45) is 7.72. The fraction of sp³-hybridized carbons (Fsp3) is 0.600. The minimum absolute atomic E-state index is 0.362. The third-order valence-electron chi connectivity index (χ3n) is 3.29. The standard InChI is InChI=1S/C15H24O/c1-3-6-13(4-2)7-5-8-14-9-11-15(16)12-10-14/h9-13,16H,3-8H2,1-2H3. The summed E-state index contributed by atoms with van der Waals surface area (Å²) < 4.78 is 0. The maximum Gasteiger partial charge on any atom is 0.115 e. The van der Waals surface area contributed by atoms with E-state index >= 15 is 0 Å². The van der Waals surface area contributed by atoms with Crippen LogP contribution in [0.25, 0.3) is 0 Å². The molecule has 90 valence electrons. The van der Waals surface area contributed by atoms with Crippen LogP contribution in [0.3, 0.4) is 0 Å². The van der Waals surface area contributed by atoms with Crippen LogP contribution < -0.4 is 0 Å². The van der Waals surface area contributed by atoms with Crippen LogP contribution in [0.1, 0.15) is 51.5 Å². The van der Waals surface area contributed by atoms with E-state index in [0.717, 1.165) is 12.3 Å². The van der Waals surface area contributed by atoms with Gasteiger partial charge in [-0.15, -0.1) is 0 Å². The number of hydrogen-bond acceptors (Lipinski definition) is 1. The van der Waals surface area contributed by atoms with Crippen LogP contribution in [0.5, 0.6) is 5.75 Å². The third-order valence-corrected chi connectivity index (χ3v) is 3.29. The van der Waals surface area contributed by atoms with Gasteiger partial charge < -0.3 is 5.11 Å². The van der Waals surface area contributed by atoms with E-state index in [9.17, 15) is 5.11 Å². The molecular formula is C15H24O. The number of aryl methyl sites for hydroxylation is 1. The molecular weight excluding hydrogens is 196 g/mol. The second-order valence-electron chi connectivity index (χ2n) is 4.62. The highest BCUT2D eigenvalue weighted by Gasteiger charge is 2.04. The fourth-order valence-electron chi connectivity index (χ4n) is 2.22. The molecule has 0 aliphatic heterocycles. The van der Waals surface area contributed by atoms with Gasteiger partial charge in [0.2, 0.25) is 0 Å². The largest absolute Gasteiger partial charge is 0.508 e. The number of hydrogen-bond donors (Lipinski definition) is 1. The molecule has 1 unspecified atom stereocenters. The molecule has 0 aliphatic rings. The molecule has 1 atom stereocenters. The molecule has 0 aromatic heterocycles. The van der Waals surface area contributed by atoms with Crippen molar-refractivity contribution in [3.05, 3.63) is 29.8 Å². The average molecular weight is 220 g/mol.